The highest BCUT2D eigenvalue weighted by molar-refractivity contribution is 6.08. The van der Waals surface area contributed by atoms with Crippen LogP contribution in [0, 0.1) is 0 Å². The van der Waals surface area contributed by atoms with E-state index >= 15 is 0 Å². The van der Waals surface area contributed by atoms with Crippen molar-refractivity contribution in [2.24, 2.45) is 0 Å². The Morgan fingerprint density at radius 3 is 2.83 bits per heavy atom. The third kappa shape index (κ3) is 2.75. The summed E-state index contributed by atoms with van der Waals surface area (Å²) in [6.07, 6.45) is 2.90. The van der Waals surface area contributed by atoms with E-state index in [1.54, 1.807) is 0 Å². The molecule has 3 heteroatoms. The maximum atomic E-state index is 5.70. The Morgan fingerprint density at radius 1 is 1.13 bits per heavy atom. The van der Waals surface area contributed by atoms with Crippen molar-refractivity contribution in [3.05, 3.63) is 48.0 Å². The fourth-order valence-electron chi connectivity index (χ4n) is 3.83. The first kappa shape index (κ1) is 14.7. The van der Waals surface area contributed by atoms with E-state index in [0.29, 0.717) is 6.10 Å². The highest BCUT2D eigenvalue weighted by Gasteiger charge is 2.17. The highest BCUT2D eigenvalue weighted by atomic mass is 16.5. The largest absolute Gasteiger partial charge is 0.372 e. The number of hydrogen-bond donors (Lipinski definition) is 1. The number of ether oxygens (including phenoxy) is 1. The van der Waals surface area contributed by atoms with Crippen LogP contribution in [0.15, 0.2) is 42.5 Å². The van der Waals surface area contributed by atoms with Gasteiger partial charge in [0.15, 0.2) is 0 Å². The average molecular weight is 309 g/mol. The first-order valence-electron chi connectivity index (χ1n) is 8.80. The molecule has 2 heterocycles. The lowest BCUT2D eigenvalue weighted by atomic mass is 10.1. The minimum Gasteiger partial charge on any atom is -0.372 e. The van der Waals surface area contributed by atoms with Gasteiger partial charge in [-0.05, 0) is 38.0 Å². The molecule has 0 saturated carbocycles. The van der Waals surface area contributed by atoms with Gasteiger partial charge in [0.2, 0.25) is 0 Å². The van der Waals surface area contributed by atoms with E-state index < -0.39 is 0 Å². The van der Waals surface area contributed by atoms with Crippen molar-refractivity contribution in [3.63, 3.8) is 0 Å². The van der Waals surface area contributed by atoms with Gasteiger partial charge in [-0.15, -0.1) is 0 Å². The summed E-state index contributed by atoms with van der Waals surface area (Å²) in [4.78, 5) is 0. The molecule has 0 aliphatic carbocycles. The van der Waals surface area contributed by atoms with Gasteiger partial charge in [0.25, 0.3) is 0 Å². The number of rotatable bonds is 5. The van der Waals surface area contributed by atoms with Crippen molar-refractivity contribution in [2.75, 3.05) is 13.2 Å². The molecule has 3 nitrogen and oxygen atoms in total. The zero-order valence-corrected chi connectivity index (χ0v) is 13.8. The maximum Gasteiger partial charge on any atom is 0.106 e. The van der Waals surface area contributed by atoms with Crippen molar-refractivity contribution >= 4 is 21.8 Å². The van der Waals surface area contributed by atoms with Crippen LogP contribution in [0.4, 0.5) is 0 Å². The van der Waals surface area contributed by atoms with Crippen LogP contribution < -0.4 is 5.32 Å². The molecule has 2 aromatic carbocycles. The number of nitrogens with zero attached hydrogens (tertiary/aromatic N) is 1. The van der Waals surface area contributed by atoms with Gasteiger partial charge in [-0.3, -0.25) is 0 Å². The van der Waals surface area contributed by atoms with E-state index in [9.17, 15) is 0 Å². The molecular formula is C20H25N2O+. The Morgan fingerprint density at radius 2 is 2.00 bits per heavy atom. The van der Waals surface area contributed by atoms with E-state index in [4.69, 9.17) is 4.74 Å². The van der Waals surface area contributed by atoms with Gasteiger partial charge in [-0.25, -0.2) is 0 Å². The molecule has 23 heavy (non-hydrogen) atoms. The molecule has 3 aromatic rings. The molecule has 1 aliphatic rings. The quantitative estimate of drug-likeness (QED) is 0.771. The first-order chi connectivity index (χ1) is 11.4. The molecule has 120 valence electrons. The van der Waals surface area contributed by atoms with Gasteiger partial charge in [-0.1, -0.05) is 24.3 Å². The van der Waals surface area contributed by atoms with Crippen molar-refractivity contribution < 1.29 is 10.1 Å². The first-order valence-corrected chi connectivity index (χ1v) is 8.80. The fourth-order valence-corrected chi connectivity index (χ4v) is 3.83. The summed E-state index contributed by atoms with van der Waals surface area (Å²) >= 11 is 0. The Labute approximate surface area is 137 Å². The zero-order chi connectivity index (χ0) is 15.6. The highest BCUT2D eigenvalue weighted by Crippen LogP contribution is 2.29. The summed E-state index contributed by atoms with van der Waals surface area (Å²) in [6, 6.07) is 15.7. The molecule has 1 aromatic heterocycles. The van der Waals surface area contributed by atoms with Crippen LogP contribution in [0.5, 0.6) is 0 Å². The second-order valence-corrected chi connectivity index (χ2v) is 6.48. The van der Waals surface area contributed by atoms with Crippen molar-refractivity contribution in [2.45, 2.75) is 39.0 Å². The lowest BCUT2D eigenvalue weighted by Crippen LogP contribution is -2.84. The summed E-state index contributed by atoms with van der Waals surface area (Å²) in [6.45, 7) is 6.28. The SMILES string of the molecule is CCn1c2ccccc2c2cc(C[NH2+]C[C@@H]3CCCO3)ccc21. The predicted molar refractivity (Wildman–Crippen MR) is 94.6 cm³/mol. The van der Waals surface area contributed by atoms with E-state index in [2.05, 4.69) is 59.3 Å². The number of fused-ring (bicyclic) bond motifs is 3. The van der Waals surface area contributed by atoms with Crippen molar-refractivity contribution in [1.29, 1.82) is 0 Å². The number of benzene rings is 2. The molecule has 1 saturated heterocycles. The summed E-state index contributed by atoms with van der Waals surface area (Å²) in [5.74, 6) is 0. The van der Waals surface area contributed by atoms with Crippen molar-refractivity contribution in [1.82, 2.24) is 4.57 Å². The Bertz CT molecular complexity index is 815. The minimum atomic E-state index is 0.459. The molecule has 4 rings (SSSR count). The van der Waals surface area contributed by atoms with E-state index in [1.165, 1.54) is 40.2 Å². The van der Waals surface area contributed by atoms with Crippen molar-refractivity contribution in [3.8, 4) is 0 Å². The van der Waals surface area contributed by atoms with Crippen LogP contribution >= 0.6 is 0 Å². The smallest absolute Gasteiger partial charge is 0.106 e. The van der Waals surface area contributed by atoms with Crippen LogP contribution in [0.2, 0.25) is 0 Å². The molecule has 0 amide bonds. The monoisotopic (exact) mass is 309 g/mol. The standard InChI is InChI=1S/C20H24N2O/c1-2-22-19-8-4-3-7-17(19)18-12-15(9-10-20(18)22)13-21-14-16-6-5-11-23-16/h3-4,7-10,12,16,21H,2,5-6,11,13-14H2,1H3/p+1/t16-/m0/s1. The van der Waals surface area contributed by atoms with Gasteiger partial charge in [0, 0.05) is 40.5 Å². The van der Waals surface area contributed by atoms with E-state index in [-0.39, 0.29) is 0 Å². The summed E-state index contributed by atoms with van der Waals surface area (Å²) in [5.41, 5.74) is 4.08. The normalized spacial score (nSPS) is 18.2. The fraction of sp³-hybridized carbons (Fsp3) is 0.400. The second kappa shape index (κ2) is 6.34. The number of aromatic nitrogens is 1. The van der Waals surface area contributed by atoms with Crippen LogP contribution in [0.3, 0.4) is 0 Å². The molecule has 0 spiro atoms. The lowest BCUT2D eigenvalue weighted by molar-refractivity contribution is -0.676. The van der Waals surface area contributed by atoms with E-state index in [1.807, 2.05) is 0 Å². The lowest BCUT2D eigenvalue weighted by Gasteiger charge is -2.08. The van der Waals surface area contributed by atoms with Gasteiger partial charge < -0.3 is 14.6 Å². The zero-order valence-electron chi connectivity index (χ0n) is 13.8. The maximum absolute atomic E-state index is 5.70. The predicted octanol–water partition coefficient (Wildman–Crippen LogP) is 3.06. The minimum absolute atomic E-state index is 0.459. The molecule has 1 aliphatic heterocycles. The topological polar surface area (TPSA) is 30.8 Å². The Kier molecular flexibility index (Phi) is 4.06. The third-order valence-corrected chi connectivity index (χ3v) is 4.99. The number of hydrogen-bond acceptors (Lipinski definition) is 1. The molecule has 1 atom stereocenters. The van der Waals surface area contributed by atoms with Crippen LogP contribution in [-0.4, -0.2) is 23.8 Å². The van der Waals surface area contributed by atoms with Crippen LogP contribution in [-0.2, 0) is 17.8 Å². The molecule has 0 radical (unpaired) electrons. The van der Waals surface area contributed by atoms with Gasteiger partial charge >= 0.3 is 0 Å². The third-order valence-electron chi connectivity index (χ3n) is 4.99. The Balaban J connectivity index is 1.60. The molecule has 2 N–H and O–H groups in total. The molecule has 0 bridgehead atoms. The van der Waals surface area contributed by atoms with Gasteiger partial charge in [-0.2, -0.15) is 0 Å². The molecular weight excluding hydrogens is 284 g/mol. The summed E-state index contributed by atoms with van der Waals surface area (Å²) in [5, 5.41) is 5.13. The number of para-hydroxylation sites is 1. The number of quaternary nitrogens is 1. The summed E-state index contributed by atoms with van der Waals surface area (Å²) < 4.78 is 8.11. The van der Waals surface area contributed by atoms with Crippen LogP contribution in [0.1, 0.15) is 25.3 Å². The van der Waals surface area contributed by atoms with E-state index in [0.717, 1.165) is 26.2 Å². The second-order valence-electron chi connectivity index (χ2n) is 6.48. The summed E-state index contributed by atoms with van der Waals surface area (Å²) in [7, 11) is 0. The van der Waals surface area contributed by atoms with Gasteiger partial charge in [0.05, 0.1) is 0 Å². The van der Waals surface area contributed by atoms with Gasteiger partial charge in [0.1, 0.15) is 19.2 Å². The number of nitrogens with two attached hydrogens (primary N) is 1. The Hall–Kier alpha value is -1.84. The number of aryl methyl sites for hydroxylation is 1. The molecule has 1 fully saturated rings. The average Bonchev–Trinajstić information content (AvgIpc) is 3.20. The molecule has 0 unspecified atom stereocenters. The van der Waals surface area contributed by atoms with Crippen LogP contribution in [0.25, 0.3) is 21.8 Å².